The number of carbonyl (C=O) groups is 1. The number of phenolic OH excluding ortho intramolecular Hbond substituents is 2. The molecular formula is C40H49N5O3. The van der Waals surface area contributed by atoms with E-state index in [1.54, 1.807) is 36.7 Å². The van der Waals surface area contributed by atoms with Crippen LogP contribution in [-0.2, 0) is 6.54 Å². The number of rotatable bonds is 15. The number of hydrogen-bond donors (Lipinski definition) is 4. The van der Waals surface area contributed by atoms with Crippen LogP contribution < -0.4 is 10.6 Å². The highest BCUT2D eigenvalue weighted by Crippen LogP contribution is 2.39. The molecule has 5 aromatic rings. The van der Waals surface area contributed by atoms with Crippen LogP contribution in [0.15, 0.2) is 79.1 Å². The van der Waals surface area contributed by atoms with Crippen LogP contribution in [0.25, 0.3) is 22.0 Å². The lowest BCUT2D eigenvalue weighted by Crippen LogP contribution is -2.28. The number of anilines is 3. The molecule has 8 heteroatoms. The fraction of sp³-hybridized carbons (Fsp3) is 0.350. The van der Waals surface area contributed by atoms with E-state index in [0.717, 1.165) is 43.3 Å². The first-order valence-electron chi connectivity index (χ1n) is 17.1. The molecule has 8 nitrogen and oxygen atoms in total. The van der Waals surface area contributed by atoms with Gasteiger partial charge in [0.05, 0.1) is 5.56 Å². The molecule has 0 saturated heterocycles. The summed E-state index contributed by atoms with van der Waals surface area (Å²) in [5.41, 5.74) is 7.19. The number of pyridine rings is 1. The van der Waals surface area contributed by atoms with Crippen molar-refractivity contribution in [2.45, 2.75) is 66.8 Å². The van der Waals surface area contributed by atoms with Crippen LogP contribution in [0, 0.1) is 19.8 Å². The van der Waals surface area contributed by atoms with E-state index in [2.05, 4.69) is 77.9 Å². The van der Waals surface area contributed by atoms with Gasteiger partial charge in [-0.2, -0.15) is 0 Å². The molecule has 0 aliphatic heterocycles. The minimum atomic E-state index is -0.356. The van der Waals surface area contributed by atoms with Crippen molar-refractivity contribution in [2.24, 2.45) is 5.92 Å². The summed E-state index contributed by atoms with van der Waals surface area (Å²) < 4.78 is 2.46. The Morgan fingerprint density at radius 1 is 0.896 bits per heavy atom. The van der Waals surface area contributed by atoms with Gasteiger partial charge in [-0.15, -0.1) is 0 Å². The number of aromatic nitrogens is 2. The van der Waals surface area contributed by atoms with E-state index in [1.807, 2.05) is 12.1 Å². The second-order valence-electron chi connectivity index (χ2n) is 12.9. The summed E-state index contributed by atoms with van der Waals surface area (Å²) in [6, 6.07) is 20.0. The molecule has 0 aliphatic rings. The maximum Gasteiger partial charge on any atom is 0.255 e. The number of fused-ring (bicyclic) bond motifs is 1. The molecule has 3 aromatic carbocycles. The molecule has 252 valence electrons. The Kier molecular flexibility index (Phi) is 11.4. The number of carbonyl (C=O) groups excluding carboxylic acids is 1. The zero-order valence-corrected chi connectivity index (χ0v) is 28.9. The predicted octanol–water partition coefficient (Wildman–Crippen LogP) is 9.27. The van der Waals surface area contributed by atoms with Crippen molar-refractivity contribution < 1.29 is 15.0 Å². The number of amides is 1. The van der Waals surface area contributed by atoms with Gasteiger partial charge in [-0.05, 0) is 118 Å². The number of aromatic hydroxyl groups is 2. The van der Waals surface area contributed by atoms with Gasteiger partial charge >= 0.3 is 0 Å². The molecule has 2 heterocycles. The molecule has 0 saturated carbocycles. The van der Waals surface area contributed by atoms with Gasteiger partial charge in [0.25, 0.3) is 5.91 Å². The maximum absolute atomic E-state index is 13.2. The third kappa shape index (κ3) is 8.17. The van der Waals surface area contributed by atoms with Crippen molar-refractivity contribution in [1.29, 1.82) is 0 Å². The highest BCUT2D eigenvalue weighted by molar-refractivity contribution is 6.05. The number of nitrogens with zero attached hydrogens (tertiary/aromatic N) is 3. The van der Waals surface area contributed by atoms with E-state index in [-0.39, 0.29) is 28.7 Å². The number of nitrogens with one attached hydrogen (secondary N) is 2. The number of hydrogen-bond acceptors (Lipinski definition) is 6. The van der Waals surface area contributed by atoms with Crippen LogP contribution in [0.4, 0.5) is 17.1 Å². The quantitative estimate of drug-likeness (QED) is 0.0903. The van der Waals surface area contributed by atoms with Crippen molar-refractivity contribution >= 4 is 33.9 Å². The standard InChI is InChI=1S/C40H49N5O3/c1-6-19-44(22-16-27(3)7-2)20-9-21-45-29(5)28(4)35-24-33(12-13-36(35)45)42-32-11-8-10-31(23-32)40(48)43-34-25-37(46)39(38(47)26-34)30-14-17-41-18-15-30/h8,10-15,17-18,23-27,42,46-47H,6-7,9,16,19-22H2,1-5H3,(H,43,48). The summed E-state index contributed by atoms with van der Waals surface area (Å²) in [4.78, 5) is 19.8. The van der Waals surface area contributed by atoms with Crippen molar-refractivity contribution in [3.63, 3.8) is 0 Å². The molecule has 1 atom stereocenters. The lowest BCUT2D eigenvalue weighted by molar-refractivity contribution is 0.102. The molecule has 4 N–H and O–H groups in total. The lowest BCUT2D eigenvalue weighted by atomic mass is 10.0. The van der Waals surface area contributed by atoms with Crippen LogP contribution >= 0.6 is 0 Å². The second kappa shape index (κ2) is 15.8. The average molecular weight is 648 g/mol. The Bertz CT molecular complexity index is 1830. The molecule has 2 aromatic heterocycles. The fourth-order valence-corrected chi connectivity index (χ4v) is 6.33. The minimum absolute atomic E-state index is 0.141. The highest BCUT2D eigenvalue weighted by Gasteiger charge is 2.16. The predicted molar refractivity (Wildman–Crippen MR) is 198 cm³/mol. The summed E-state index contributed by atoms with van der Waals surface area (Å²) in [6.07, 6.45) is 7.98. The smallest absolute Gasteiger partial charge is 0.255 e. The SMILES string of the molecule is CCCN(CCCn1c(C)c(C)c2cc(Nc3cccc(C(=O)Nc4cc(O)c(-c5ccncc5)c(O)c4)c3)ccc21)CCC(C)CC. The van der Waals surface area contributed by atoms with Crippen molar-refractivity contribution in [3.8, 4) is 22.6 Å². The van der Waals surface area contributed by atoms with Gasteiger partial charge in [0.15, 0.2) is 0 Å². The van der Waals surface area contributed by atoms with Gasteiger partial charge in [0, 0.05) is 70.3 Å². The second-order valence-corrected chi connectivity index (χ2v) is 12.9. The summed E-state index contributed by atoms with van der Waals surface area (Å²) in [7, 11) is 0. The van der Waals surface area contributed by atoms with E-state index in [9.17, 15) is 15.0 Å². The Morgan fingerprint density at radius 2 is 1.62 bits per heavy atom. The Balaban J connectivity index is 1.25. The number of aryl methyl sites for hydroxylation is 2. The van der Waals surface area contributed by atoms with Crippen LogP contribution in [-0.4, -0.2) is 50.2 Å². The first-order valence-corrected chi connectivity index (χ1v) is 17.1. The average Bonchev–Trinajstić information content (AvgIpc) is 3.31. The molecule has 48 heavy (non-hydrogen) atoms. The summed E-state index contributed by atoms with van der Waals surface area (Å²) in [5, 5.41) is 28.7. The first kappa shape index (κ1) is 34.5. The van der Waals surface area contributed by atoms with Crippen LogP contribution in [0.5, 0.6) is 11.5 Å². The number of benzene rings is 3. The monoisotopic (exact) mass is 647 g/mol. The Hall–Kier alpha value is -4.82. The lowest BCUT2D eigenvalue weighted by Gasteiger charge is -2.23. The molecule has 0 radical (unpaired) electrons. The third-order valence-corrected chi connectivity index (χ3v) is 9.41. The molecule has 1 amide bonds. The van der Waals surface area contributed by atoms with Crippen molar-refractivity contribution in [3.05, 3.63) is 95.9 Å². The summed E-state index contributed by atoms with van der Waals surface area (Å²) in [6.45, 7) is 15.7. The largest absolute Gasteiger partial charge is 0.507 e. The summed E-state index contributed by atoms with van der Waals surface area (Å²) in [5.74, 6) is 0.137. The van der Waals surface area contributed by atoms with Crippen LogP contribution in [0.1, 0.15) is 68.1 Å². The van der Waals surface area contributed by atoms with Crippen molar-refractivity contribution in [1.82, 2.24) is 14.5 Å². The van der Waals surface area contributed by atoms with Crippen molar-refractivity contribution in [2.75, 3.05) is 30.3 Å². The van der Waals surface area contributed by atoms with Gasteiger partial charge in [-0.1, -0.05) is 33.3 Å². The molecule has 0 fully saturated rings. The van der Waals surface area contributed by atoms with E-state index in [1.165, 1.54) is 60.1 Å². The van der Waals surface area contributed by atoms with Crippen LogP contribution in [0.2, 0.25) is 0 Å². The number of phenols is 2. The first-order chi connectivity index (χ1) is 23.2. The van der Waals surface area contributed by atoms with Gasteiger partial charge in [0.2, 0.25) is 0 Å². The van der Waals surface area contributed by atoms with Gasteiger partial charge in [-0.25, -0.2) is 0 Å². The van der Waals surface area contributed by atoms with Crippen LogP contribution in [0.3, 0.4) is 0 Å². The Labute approximate surface area is 284 Å². The molecule has 5 rings (SSSR count). The molecular weight excluding hydrogens is 598 g/mol. The molecule has 1 unspecified atom stereocenters. The highest BCUT2D eigenvalue weighted by atomic mass is 16.3. The minimum Gasteiger partial charge on any atom is -0.507 e. The van der Waals surface area contributed by atoms with E-state index < -0.39 is 0 Å². The molecule has 0 bridgehead atoms. The zero-order valence-electron chi connectivity index (χ0n) is 28.9. The molecule has 0 aliphatic carbocycles. The summed E-state index contributed by atoms with van der Waals surface area (Å²) >= 11 is 0. The third-order valence-electron chi connectivity index (χ3n) is 9.41. The van der Waals surface area contributed by atoms with Gasteiger partial charge in [-0.3, -0.25) is 9.78 Å². The fourth-order valence-electron chi connectivity index (χ4n) is 6.33. The molecule has 0 spiro atoms. The topological polar surface area (TPSA) is 103 Å². The van der Waals surface area contributed by atoms with E-state index in [4.69, 9.17) is 0 Å². The van der Waals surface area contributed by atoms with E-state index in [0.29, 0.717) is 11.1 Å². The zero-order chi connectivity index (χ0) is 34.2. The normalized spacial score (nSPS) is 12.0. The van der Waals surface area contributed by atoms with Gasteiger partial charge in [0.1, 0.15) is 11.5 Å². The van der Waals surface area contributed by atoms with Gasteiger partial charge < -0.3 is 30.3 Å². The Morgan fingerprint density at radius 3 is 2.33 bits per heavy atom. The van der Waals surface area contributed by atoms with E-state index >= 15 is 0 Å². The maximum atomic E-state index is 13.2.